The fourth-order valence-electron chi connectivity index (χ4n) is 2.03. The van der Waals surface area contributed by atoms with E-state index in [4.69, 9.17) is 11.3 Å². The largest absolute Gasteiger partial charge is 0.382 e. The van der Waals surface area contributed by atoms with Crippen molar-refractivity contribution in [1.82, 2.24) is 0 Å². The van der Waals surface area contributed by atoms with Crippen LogP contribution < -0.4 is 0 Å². The number of rotatable bonds is 2. The predicted octanol–water partition coefficient (Wildman–Crippen LogP) is 2.69. The molecule has 1 aromatic rings. The zero-order valence-corrected chi connectivity index (χ0v) is 9.49. The summed E-state index contributed by atoms with van der Waals surface area (Å²) in [5.74, 6) is 2.41. The molecule has 0 saturated heterocycles. The van der Waals surface area contributed by atoms with Crippen molar-refractivity contribution in [2.24, 2.45) is 5.16 Å². The Bertz CT molecular complexity index is 454. The molecule has 1 aliphatic rings. The molecule has 0 saturated carbocycles. The van der Waals surface area contributed by atoms with Crippen molar-refractivity contribution in [1.29, 1.82) is 0 Å². The maximum Gasteiger partial charge on any atom is 0.177 e. The summed E-state index contributed by atoms with van der Waals surface area (Å²) >= 11 is 0. The molecule has 0 aromatic heterocycles. The van der Waals surface area contributed by atoms with E-state index >= 15 is 0 Å². The van der Waals surface area contributed by atoms with E-state index in [2.05, 4.69) is 36.2 Å². The Labute approximate surface area is 96.3 Å². The van der Waals surface area contributed by atoms with Crippen molar-refractivity contribution in [3.8, 4) is 12.3 Å². The van der Waals surface area contributed by atoms with Crippen molar-refractivity contribution in [2.75, 3.05) is 6.61 Å². The second kappa shape index (κ2) is 4.85. The molecule has 0 N–H and O–H groups in total. The van der Waals surface area contributed by atoms with Gasteiger partial charge in [0.15, 0.2) is 6.61 Å². The van der Waals surface area contributed by atoms with E-state index < -0.39 is 0 Å². The van der Waals surface area contributed by atoms with Crippen molar-refractivity contribution in [3.63, 3.8) is 0 Å². The van der Waals surface area contributed by atoms with E-state index in [-0.39, 0.29) is 6.61 Å². The average Bonchev–Trinajstić information content (AvgIpc) is 2.29. The minimum atomic E-state index is 0.241. The normalized spacial score (nSPS) is 16.6. The number of fused-ring (bicyclic) bond motifs is 1. The molecule has 1 aliphatic carbocycles. The number of oxime groups is 1. The molecule has 2 nitrogen and oxygen atoms in total. The molecule has 0 amide bonds. The molecule has 0 aliphatic heterocycles. The molecule has 0 unspecified atom stereocenters. The molecule has 0 fully saturated rings. The summed E-state index contributed by atoms with van der Waals surface area (Å²) in [5.41, 5.74) is 4.91. The molecular weight excluding hydrogens is 198 g/mol. The number of hydrogen-bond donors (Lipinski definition) is 0. The number of nitrogens with zero attached hydrogens (tertiary/aromatic N) is 1. The minimum absolute atomic E-state index is 0.241. The van der Waals surface area contributed by atoms with Gasteiger partial charge < -0.3 is 4.84 Å². The summed E-state index contributed by atoms with van der Waals surface area (Å²) in [6.07, 6.45) is 8.35. The zero-order valence-electron chi connectivity index (χ0n) is 9.49. The average molecular weight is 213 g/mol. The lowest BCUT2D eigenvalue weighted by Gasteiger charge is -2.17. The van der Waals surface area contributed by atoms with Crippen molar-refractivity contribution < 1.29 is 4.84 Å². The van der Waals surface area contributed by atoms with Crippen LogP contribution in [0.3, 0.4) is 0 Å². The van der Waals surface area contributed by atoms with Gasteiger partial charge in [0, 0.05) is 5.56 Å². The summed E-state index contributed by atoms with van der Waals surface area (Å²) < 4.78 is 0. The van der Waals surface area contributed by atoms with E-state index in [1.165, 1.54) is 16.7 Å². The second-order valence-electron chi connectivity index (χ2n) is 4.03. The number of aryl methyl sites for hydroxylation is 2. The van der Waals surface area contributed by atoms with Crippen LogP contribution >= 0.6 is 0 Å². The third-order valence-electron chi connectivity index (χ3n) is 2.75. The van der Waals surface area contributed by atoms with Gasteiger partial charge in [-0.2, -0.15) is 0 Å². The van der Waals surface area contributed by atoms with Gasteiger partial charge in [-0.3, -0.25) is 0 Å². The molecule has 2 rings (SSSR count). The number of benzene rings is 1. The monoisotopic (exact) mass is 213 g/mol. The molecule has 16 heavy (non-hydrogen) atoms. The second-order valence-corrected chi connectivity index (χ2v) is 4.03. The molecule has 1 aromatic carbocycles. The van der Waals surface area contributed by atoms with Gasteiger partial charge in [-0.15, -0.1) is 6.42 Å². The predicted molar refractivity (Wildman–Crippen MR) is 65.4 cm³/mol. The molecule has 0 heterocycles. The summed E-state index contributed by atoms with van der Waals surface area (Å²) in [5, 5.41) is 4.12. The van der Waals surface area contributed by atoms with Crippen LogP contribution in [0.5, 0.6) is 0 Å². The molecule has 0 spiro atoms. The highest BCUT2D eigenvalue weighted by Gasteiger charge is 2.15. The highest BCUT2D eigenvalue weighted by molar-refractivity contribution is 6.02. The SMILES string of the molecule is C#CCON=C1CCCc2cc(C)ccc21. The van der Waals surface area contributed by atoms with E-state index in [1.807, 2.05) is 0 Å². The topological polar surface area (TPSA) is 21.6 Å². The Hall–Kier alpha value is -1.75. The maximum absolute atomic E-state index is 5.11. The van der Waals surface area contributed by atoms with Crippen LogP contribution in [0.2, 0.25) is 0 Å². The first-order valence-electron chi connectivity index (χ1n) is 5.53. The molecule has 0 radical (unpaired) electrons. The van der Waals surface area contributed by atoms with E-state index in [0.717, 1.165) is 25.0 Å². The third kappa shape index (κ3) is 2.25. The van der Waals surface area contributed by atoms with E-state index in [1.54, 1.807) is 0 Å². The van der Waals surface area contributed by atoms with Crippen LogP contribution in [0.25, 0.3) is 0 Å². The van der Waals surface area contributed by atoms with Crippen LogP contribution in [-0.4, -0.2) is 12.3 Å². The lowest BCUT2D eigenvalue weighted by Crippen LogP contribution is -2.12. The van der Waals surface area contributed by atoms with Gasteiger partial charge in [0.25, 0.3) is 0 Å². The zero-order chi connectivity index (χ0) is 11.4. The highest BCUT2D eigenvalue weighted by Crippen LogP contribution is 2.22. The Morgan fingerprint density at radius 3 is 3.12 bits per heavy atom. The molecular formula is C14H15NO. The Balaban J connectivity index is 2.27. The summed E-state index contributed by atoms with van der Waals surface area (Å²) in [4.78, 5) is 5.06. The van der Waals surface area contributed by atoms with E-state index in [0.29, 0.717) is 0 Å². The van der Waals surface area contributed by atoms with Gasteiger partial charge >= 0.3 is 0 Å². The molecule has 82 valence electrons. The van der Waals surface area contributed by atoms with Gasteiger partial charge in [0.05, 0.1) is 5.71 Å². The summed E-state index contributed by atoms with van der Waals surface area (Å²) in [7, 11) is 0. The fourth-order valence-corrected chi connectivity index (χ4v) is 2.03. The first-order chi connectivity index (χ1) is 7.81. The molecule has 0 bridgehead atoms. The number of hydrogen-bond acceptors (Lipinski definition) is 2. The summed E-state index contributed by atoms with van der Waals surface area (Å²) in [6, 6.07) is 6.47. The van der Waals surface area contributed by atoms with Gasteiger partial charge in [-0.1, -0.05) is 34.8 Å². The van der Waals surface area contributed by atoms with Crippen LogP contribution in [0, 0.1) is 19.3 Å². The highest BCUT2D eigenvalue weighted by atomic mass is 16.6. The van der Waals surface area contributed by atoms with Gasteiger partial charge in [0.2, 0.25) is 0 Å². The fraction of sp³-hybridized carbons (Fsp3) is 0.357. The quantitative estimate of drug-likeness (QED) is 0.420. The first kappa shape index (κ1) is 10.8. The first-order valence-corrected chi connectivity index (χ1v) is 5.53. The summed E-state index contributed by atoms with van der Waals surface area (Å²) in [6.45, 7) is 2.35. The Kier molecular flexibility index (Phi) is 3.26. The maximum atomic E-state index is 5.11. The van der Waals surface area contributed by atoms with E-state index in [9.17, 15) is 0 Å². The molecule has 2 heteroatoms. The van der Waals surface area contributed by atoms with Crippen LogP contribution in [0.1, 0.15) is 29.5 Å². The molecule has 0 atom stereocenters. The number of terminal acetylenes is 1. The minimum Gasteiger partial charge on any atom is -0.382 e. The van der Waals surface area contributed by atoms with Crippen LogP contribution in [-0.2, 0) is 11.3 Å². The third-order valence-corrected chi connectivity index (χ3v) is 2.75. The van der Waals surface area contributed by atoms with Crippen LogP contribution in [0.15, 0.2) is 23.4 Å². The van der Waals surface area contributed by atoms with Gasteiger partial charge in [0.1, 0.15) is 0 Å². The Morgan fingerprint density at radius 2 is 2.31 bits per heavy atom. The van der Waals surface area contributed by atoms with Gasteiger partial charge in [-0.25, -0.2) is 0 Å². The Morgan fingerprint density at radius 1 is 1.44 bits per heavy atom. The van der Waals surface area contributed by atoms with Crippen molar-refractivity contribution in [2.45, 2.75) is 26.2 Å². The van der Waals surface area contributed by atoms with Crippen molar-refractivity contribution >= 4 is 5.71 Å². The van der Waals surface area contributed by atoms with Crippen LogP contribution in [0.4, 0.5) is 0 Å². The smallest absolute Gasteiger partial charge is 0.177 e. The lowest BCUT2D eigenvalue weighted by atomic mass is 9.89. The van der Waals surface area contributed by atoms with Crippen molar-refractivity contribution in [3.05, 3.63) is 34.9 Å². The van der Waals surface area contributed by atoms with Gasteiger partial charge in [-0.05, 0) is 31.7 Å². The lowest BCUT2D eigenvalue weighted by molar-refractivity contribution is 0.179. The standard InChI is InChI=1S/C14H15NO/c1-3-9-16-15-14-6-4-5-12-10-11(2)7-8-13(12)14/h1,7-8,10H,4-6,9H2,2H3.